The van der Waals surface area contributed by atoms with Gasteiger partial charge in [-0.1, -0.05) is 25.4 Å². The van der Waals surface area contributed by atoms with E-state index in [0.717, 1.165) is 10.6 Å². The fourth-order valence-electron chi connectivity index (χ4n) is 2.63. The summed E-state index contributed by atoms with van der Waals surface area (Å²) in [5.74, 6) is 1.44. The minimum Gasteiger partial charge on any atom is -0.481 e. The lowest BCUT2D eigenvalue weighted by atomic mass is 10.0. The molecule has 0 aliphatic heterocycles. The highest BCUT2D eigenvalue weighted by Crippen LogP contribution is 2.66. The van der Waals surface area contributed by atoms with Crippen molar-refractivity contribution in [1.29, 1.82) is 0 Å². The summed E-state index contributed by atoms with van der Waals surface area (Å²) >= 11 is 6.23. The Labute approximate surface area is 101 Å². The standard InChI is InChI=1S/C12H17ClN2O/c1-12(2)7(6-14)10(12)9-8(13)4-5-15-11(9)16-3/h4-5,7,10H,6,14H2,1-3H3. The van der Waals surface area contributed by atoms with Crippen molar-refractivity contribution in [3.63, 3.8) is 0 Å². The summed E-state index contributed by atoms with van der Waals surface area (Å²) in [6, 6.07) is 1.81. The van der Waals surface area contributed by atoms with Crippen molar-refractivity contribution in [1.82, 2.24) is 4.98 Å². The highest BCUT2D eigenvalue weighted by molar-refractivity contribution is 6.31. The molecule has 1 aliphatic rings. The molecule has 0 aromatic carbocycles. The van der Waals surface area contributed by atoms with Crippen LogP contribution >= 0.6 is 11.6 Å². The lowest BCUT2D eigenvalue weighted by Gasteiger charge is -2.10. The van der Waals surface area contributed by atoms with E-state index in [9.17, 15) is 0 Å². The Morgan fingerprint density at radius 1 is 1.56 bits per heavy atom. The molecule has 3 nitrogen and oxygen atoms in total. The minimum atomic E-state index is 0.189. The summed E-state index contributed by atoms with van der Waals surface area (Å²) in [7, 11) is 1.62. The average Bonchev–Trinajstić information content (AvgIpc) is 2.79. The first-order chi connectivity index (χ1) is 7.54. The number of aromatic nitrogens is 1. The molecule has 88 valence electrons. The lowest BCUT2D eigenvalue weighted by Crippen LogP contribution is -2.05. The Morgan fingerprint density at radius 2 is 2.25 bits per heavy atom. The molecule has 0 saturated heterocycles. The van der Waals surface area contributed by atoms with Crippen molar-refractivity contribution < 1.29 is 4.74 Å². The van der Waals surface area contributed by atoms with Gasteiger partial charge in [0.1, 0.15) is 0 Å². The molecule has 1 aliphatic carbocycles. The van der Waals surface area contributed by atoms with Gasteiger partial charge in [0.2, 0.25) is 5.88 Å². The molecule has 0 spiro atoms. The maximum atomic E-state index is 6.23. The molecule has 16 heavy (non-hydrogen) atoms. The van der Waals surface area contributed by atoms with Gasteiger partial charge in [-0.15, -0.1) is 0 Å². The monoisotopic (exact) mass is 240 g/mol. The maximum Gasteiger partial charge on any atom is 0.218 e. The molecule has 1 heterocycles. The van der Waals surface area contributed by atoms with Crippen molar-refractivity contribution >= 4 is 11.6 Å². The van der Waals surface area contributed by atoms with Crippen LogP contribution in [0.4, 0.5) is 0 Å². The Kier molecular flexibility index (Phi) is 2.84. The first-order valence-corrected chi connectivity index (χ1v) is 5.80. The number of pyridine rings is 1. The number of halogens is 1. The van der Waals surface area contributed by atoms with Gasteiger partial charge in [0.15, 0.2) is 0 Å². The van der Waals surface area contributed by atoms with Crippen molar-refractivity contribution in [3.8, 4) is 5.88 Å². The van der Waals surface area contributed by atoms with Gasteiger partial charge >= 0.3 is 0 Å². The van der Waals surface area contributed by atoms with E-state index in [4.69, 9.17) is 22.1 Å². The van der Waals surface area contributed by atoms with Crippen LogP contribution in [0.1, 0.15) is 25.3 Å². The Bertz CT molecular complexity index is 406. The topological polar surface area (TPSA) is 48.1 Å². The van der Waals surface area contributed by atoms with Crippen molar-refractivity contribution in [2.75, 3.05) is 13.7 Å². The van der Waals surface area contributed by atoms with E-state index >= 15 is 0 Å². The van der Waals surface area contributed by atoms with Crippen LogP contribution in [0, 0.1) is 11.3 Å². The number of hydrogen-bond acceptors (Lipinski definition) is 3. The van der Waals surface area contributed by atoms with Crippen molar-refractivity contribution in [2.24, 2.45) is 17.1 Å². The molecule has 2 unspecified atom stereocenters. The highest BCUT2D eigenvalue weighted by Gasteiger charge is 2.59. The molecule has 2 rings (SSSR count). The predicted octanol–water partition coefficient (Wildman–Crippen LogP) is 2.44. The maximum absolute atomic E-state index is 6.23. The van der Waals surface area contributed by atoms with Crippen LogP contribution in [-0.4, -0.2) is 18.6 Å². The smallest absolute Gasteiger partial charge is 0.218 e. The summed E-state index contributed by atoms with van der Waals surface area (Å²) in [5.41, 5.74) is 6.97. The number of nitrogens with two attached hydrogens (primary N) is 1. The van der Waals surface area contributed by atoms with Gasteiger partial charge in [0, 0.05) is 17.7 Å². The normalized spacial score (nSPS) is 26.6. The van der Waals surface area contributed by atoms with E-state index in [1.807, 2.05) is 0 Å². The Morgan fingerprint density at radius 3 is 2.75 bits per heavy atom. The van der Waals surface area contributed by atoms with E-state index in [1.165, 1.54) is 0 Å². The fourth-order valence-corrected chi connectivity index (χ4v) is 2.89. The first kappa shape index (κ1) is 11.7. The van der Waals surface area contributed by atoms with Crippen LogP contribution in [0.25, 0.3) is 0 Å². The summed E-state index contributed by atoms with van der Waals surface area (Å²) in [5, 5.41) is 0.723. The number of rotatable bonds is 3. The van der Waals surface area contributed by atoms with Crippen LogP contribution in [-0.2, 0) is 0 Å². The summed E-state index contributed by atoms with van der Waals surface area (Å²) in [6.45, 7) is 5.09. The van der Waals surface area contributed by atoms with Gasteiger partial charge in [0.25, 0.3) is 0 Å². The summed E-state index contributed by atoms with van der Waals surface area (Å²) in [4.78, 5) is 4.21. The second-order valence-electron chi connectivity index (χ2n) is 4.86. The number of nitrogens with zero attached hydrogens (tertiary/aromatic N) is 1. The Hall–Kier alpha value is -0.800. The van der Waals surface area contributed by atoms with E-state index < -0.39 is 0 Å². The van der Waals surface area contributed by atoms with Crippen molar-refractivity contribution in [3.05, 3.63) is 22.8 Å². The highest BCUT2D eigenvalue weighted by atomic mass is 35.5. The molecule has 1 aromatic heterocycles. The zero-order valence-electron chi connectivity index (χ0n) is 9.83. The van der Waals surface area contributed by atoms with Gasteiger partial charge in [-0.25, -0.2) is 4.98 Å². The third kappa shape index (κ3) is 1.59. The minimum absolute atomic E-state index is 0.189. The molecule has 0 radical (unpaired) electrons. The van der Waals surface area contributed by atoms with Crippen molar-refractivity contribution in [2.45, 2.75) is 19.8 Å². The quantitative estimate of drug-likeness (QED) is 0.883. The molecule has 2 atom stereocenters. The van der Waals surface area contributed by atoms with Crippen LogP contribution in [0.2, 0.25) is 5.02 Å². The van der Waals surface area contributed by atoms with Crippen LogP contribution in [0.15, 0.2) is 12.3 Å². The van der Waals surface area contributed by atoms with E-state index in [2.05, 4.69) is 18.8 Å². The number of ether oxygens (including phenoxy) is 1. The van der Waals surface area contributed by atoms with E-state index in [-0.39, 0.29) is 5.41 Å². The lowest BCUT2D eigenvalue weighted by molar-refractivity contribution is 0.390. The molecular formula is C12H17ClN2O. The van der Waals surface area contributed by atoms with Gasteiger partial charge < -0.3 is 10.5 Å². The van der Waals surface area contributed by atoms with Gasteiger partial charge in [-0.3, -0.25) is 0 Å². The van der Waals surface area contributed by atoms with Gasteiger partial charge in [-0.05, 0) is 23.9 Å². The predicted molar refractivity (Wildman–Crippen MR) is 64.9 cm³/mol. The summed E-state index contributed by atoms with van der Waals surface area (Å²) < 4.78 is 5.28. The zero-order valence-corrected chi connectivity index (χ0v) is 10.6. The average molecular weight is 241 g/mol. The zero-order chi connectivity index (χ0) is 11.9. The molecular weight excluding hydrogens is 224 g/mol. The largest absolute Gasteiger partial charge is 0.481 e. The second kappa shape index (κ2) is 3.90. The summed E-state index contributed by atoms with van der Waals surface area (Å²) in [6.07, 6.45) is 1.66. The fraction of sp³-hybridized carbons (Fsp3) is 0.583. The third-order valence-electron chi connectivity index (χ3n) is 3.71. The van der Waals surface area contributed by atoms with Gasteiger partial charge in [-0.2, -0.15) is 0 Å². The molecule has 1 saturated carbocycles. The van der Waals surface area contributed by atoms with Crippen LogP contribution in [0.3, 0.4) is 0 Å². The first-order valence-electron chi connectivity index (χ1n) is 5.42. The molecule has 4 heteroatoms. The van der Waals surface area contributed by atoms with Crippen LogP contribution in [0.5, 0.6) is 5.88 Å². The second-order valence-corrected chi connectivity index (χ2v) is 5.26. The third-order valence-corrected chi connectivity index (χ3v) is 4.04. The molecule has 1 fully saturated rings. The molecule has 0 bridgehead atoms. The number of methoxy groups -OCH3 is 1. The molecule has 0 amide bonds. The number of hydrogen-bond donors (Lipinski definition) is 1. The molecule has 2 N–H and O–H groups in total. The van der Waals surface area contributed by atoms with E-state index in [0.29, 0.717) is 24.3 Å². The van der Waals surface area contributed by atoms with Gasteiger partial charge in [0.05, 0.1) is 12.1 Å². The Balaban J connectivity index is 2.42. The SMILES string of the molecule is COc1nccc(Cl)c1C1C(CN)C1(C)C. The van der Waals surface area contributed by atoms with E-state index in [1.54, 1.807) is 19.4 Å². The van der Waals surface area contributed by atoms with Crippen LogP contribution < -0.4 is 10.5 Å². The molecule has 1 aromatic rings.